The van der Waals surface area contributed by atoms with E-state index < -0.39 is 0 Å². The third-order valence-corrected chi connectivity index (χ3v) is 4.85. The van der Waals surface area contributed by atoms with E-state index in [1.54, 1.807) is 6.33 Å². The van der Waals surface area contributed by atoms with Crippen LogP contribution in [0, 0.1) is 12.8 Å². The van der Waals surface area contributed by atoms with Crippen LogP contribution in [0.2, 0.25) is 0 Å². The largest absolute Gasteiger partial charge is 0.363 e. The van der Waals surface area contributed by atoms with Gasteiger partial charge in [-0.15, -0.1) is 0 Å². The molecular weight excluding hydrogens is 324 g/mol. The lowest BCUT2D eigenvalue weighted by molar-refractivity contribution is -0.117. The SMILES string of the molecule is Cc1cccc2c(NC(C)c3ccc(NC(=O)C4CC4)cc3)ncnc12. The topological polar surface area (TPSA) is 66.9 Å². The molecule has 1 amide bonds. The number of hydrogen-bond donors (Lipinski definition) is 2. The summed E-state index contributed by atoms with van der Waals surface area (Å²) in [5.74, 6) is 1.17. The highest BCUT2D eigenvalue weighted by Crippen LogP contribution is 2.30. The summed E-state index contributed by atoms with van der Waals surface area (Å²) in [7, 11) is 0. The first-order valence-electron chi connectivity index (χ1n) is 8.99. The molecule has 0 radical (unpaired) electrons. The van der Waals surface area contributed by atoms with Crippen molar-refractivity contribution < 1.29 is 4.79 Å². The molecule has 26 heavy (non-hydrogen) atoms. The van der Waals surface area contributed by atoms with Gasteiger partial charge in [-0.05, 0) is 56.0 Å². The van der Waals surface area contributed by atoms with E-state index in [1.807, 2.05) is 36.4 Å². The number of fused-ring (bicyclic) bond motifs is 1. The van der Waals surface area contributed by atoms with Crippen molar-refractivity contribution in [1.82, 2.24) is 9.97 Å². The van der Waals surface area contributed by atoms with Crippen molar-refractivity contribution in [3.63, 3.8) is 0 Å². The van der Waals surface area contributed by atoms with Crippen molar-refractivity contribution in [2.45, 2.75) is 32.7 Å². The molecule has 5 heteroatoms. The van der Waals surface area contributed by atoms with Gasteiger partial charge in [-0.1, -0.05) is 24.3 Å². The molecule has 5 nitrogen and oxygen atoms in total. The first-order chi connectivity index (χ1) is 12.6. The highest BCUT2D eigenvalue weighted by atomic mass is 16.2. The van der Waals surface area contributed by atoms with Gasteiger partial charge in [0.15, 0.2) is 0 Å². The molecule has 1 aromatic heterocycles. The summed E-state index contributed by atoms with van der Waals surface area (Å²) >= 11 is 0. The second kappa shape index (κ2) is 6.75. The van der Waals surface area contributed by atoms with Crippen molar-refractivity contribution in [2.75, 3.05) is 10.6 Å². The smallest absolute Gasteiger partial charge is 0.227 e. The molecule has 4 rings (SSSR count). The normalized spacial score (nSPS) is 14.8. The van der Waals surface area contributed by atoms with Crippen molar-refractivity contribution in [3.8, 4) is 0 Å². The number of anilines is 2. The Morgan fingerprint density at radius 3 is 2.62 bits per heavy atom. The highest BCUT2D eigenvalue weighted by Gasteiger charge is 2.29. The number of nitrogens with zero attached hydrogens (tertiary/aromatic N) is 2. The Hall–Kier alpha value is -2.95. The fraction of sp³-hybridized carbons (Fsp3) is 0.286. The standard InChI is InChI=1S/C21H22N4O/c1-13-4-3-5-18-19(13)22-12-23-20(18)24-14(2)15-8-10-17(11-9-15)25-21(26)16-6-7-16/h3-5,8-12,14,16H,6-7H2,1-2H3,(H,25,26)(H,22,23,24). The number of aromatic nitrogens is 2. The minimum atomic E-state index is 0.0850. The summed E-state index contributed by atoms with van der Waals surface area (Å²) in [6.45, 7) is 4.15. The molecule has 0 spiro atoms. The molecular formula is C21H22N4O. The number of aryl methyl sites for hydroxylation is 1. The summed E-state index contributed by atoms with van der Waals surface area (Å²) in [5.41, 5.74) is 4.08. The van der Waals surface area contributed by atoms with Crippen LogP contribution in [0.5, 0.6) is 0 Å². The number of rotatable bonds is 5. The summed E-state index contributed by atoms with van der Waals surface area (Å²) in [6, 6.07) is 14.2. The van der Waals surface area contributed by atoms with Gasteiger partial charge in [0.05, 0.1) is 5.52 Å². The van der Waals surface area contributed by atoms with E-state index in [-0.39, 0.29) is 17.9 Å². The van der Waals surface area contributed by atoms with Gasteiger partial charge in [-0.3, -0.25) is 4.79 Å². The van der Waals surface area contributed by atoms with Crippen LogP contribution in [0.4, 0.5) is 11.5 Å². The summed E-state index contributed by atoms with van der Waals surface area (Å²) in [5, 5.41) is 7.47. The molecule has 0 aliphatic heterocycles. The zero-order valence-electron chi connectivity index (χ0n) is 15.0. The van der Waals surface area contributed by atoms with Gasteiger partial charge in [-0.25, -0.2) is 9.97 Å². The van der Waals surface area contributed by atoms with Crippen molar-refractivity contribution in [2.24, 2.45) is 5.92 Å². The fourth-order valence-corrected chi connectivity index (χ4v) is 3.08. The minimum Gasteiger partial charge on any atom is -0.363 e. The molecule has 1 heterocycles. The lowest BCUT2D eigenvalue weighted by Gasteiger charge is -2.17. The summed E-state index contributed by atoms with van der Waals surface area (Å²) in [4.78, 5) is 20.7. The molecule has 1 unspecified atom stereocenters. The molecule has 2 N–H and O–H groups in total. The predicted molar refractivity (Wildman–Crippen MR) is 104 cm³/mol. The van der Waals surface area contributed by atoms with Gasteiger partial charge in [0.25, 0.3) is 0 Å². The lowest BCUT2D eigenvalue weighted by atomic mass is 10.1. The molecule has 1 saturated carbocycles. The maximum atomic E-state index is 11.8. The number of amides is 1. The quantitative estimate of drug-likeness (QED) is 0.716. The number of para-hydroxylation sites is 1. The Bertz CT molecular complexity index is 948. The molecule has 0 saturated heterocycles. The Labute approximate surface area is 152 Å². The first kappa shape index (κ1) is 16.5. The number of carbonyl (C=O) groups excluding carboxylic acids is 1. The lowest BCUT2D eigenvalue weighted by Crippen LogP contribution is -2.13. The molecule has 1 aliphatic rings. The van der Waals surface area contributed by atoms with Gasteiger partial charge < -0.3 is 10.6 Å². The number of nitrogens with one attached hydrogen (secondary N) is 2. The van der Waals surface area contributed by atoms with E-state index >= 15 is 0 Å². The summed E-state index contributed by atoms with van der Waals surface area (Å²) in [6.07, 6.45) is 3.62. The molecule has 2 aromatic carbocycles. The number of carbonyl (C=O) groups is 1. The molecule has 1 aliphatic carbocycles. The molecule has 0 bridgehead atoms. The van der Waals surface area contributed by atoms with E-state index in [1.165, 1.54) is 0 Å². The fourth-order valence-electron chi connectivity index (χ4n) is 3.08. The zero-order valence-corrected chi connectivity index (χ0v) is 15.0. The van der Waals surface area contributed by atoms with Crippen molar-refractivity contribution >= 4 is 28.3 Å². The second-order valence-corrected chi connectivity index (χ2v) is 6.94. The maximum Gasteiger partial charge on any atom is 0.227 e. The zero-order chi connectivity index (χ0) is 18.1. The Morgan fingerprint density at radius 2 is 1.88 bits per heavy atom. The van der Waals surface area contributed by atoms with Crippen LogP contribution < -0.4 is 10.6 Å². The third kappa shape index (κ3) is 3.38. The average Bonchev–Trinajstić information content (AvgIpc) is 3.48. The van der Waals surface area contributed by atoms with Crippen LogP contribution in [0.3, 0.4) is 0 Å². The molecule has 1 fully saturated rings. The average molecular weight is 346 g/mol. The van der Waals surface area contributed by atoms with Crippen molar-refractivity contribution in [3.05, 3.63) is 59.9 Å². The van der Waals surface area contributed by atoms with Crippen LogP contribution >= 0.6 is 0 Å². The molecule has 3 aromatic rings. The van der Waals surface area contributed by atoms with Crippen LogP contribution in [0.1, 0.15) is 36.9 Å². The molecule has 1 atom stereocenters. The van der Waals surface area contributed by atoms with Gasteiger partial charge in [0, 0.05) is 23.0 Å². The van der Waals surface area contributed by atoms with Crippen LogP contribution in [0.15, 0.2) is 48.8 Å². The van der Waals surface area contributed by atoms with E-state index in [9.17, 15) is 4.79 Å². The van der Waals surface area contributed by atoms with Gasteiger partial charge in [-0.2, -0.15) is 0 Å². The second-order valence-electron chi connectivity index (χ2n) is 6.94. The highest BCUT2D eigenvalue weighted by molar-refractivity contribution is 5.94. The monoisotopic (exact) mass is 346 g/mol. The van der Waals surface area contributed by atoms with E-state index in [0.29, 0.717) is 0 Å². The van der Waals surface area contributed by atoms with Gasteiger partial charge in [0.1, 0.15) is 12.1 Å². The van der Waals surface area contributed by atoms with Crippen LogP contribution in [-0.4, -0.2) is 15.9 Å². The van der Waals surface area contributed by atoms with Gasteiger partial charge in [0.2, 0.25) is 5.91 Å². The summed E-state index contributed by atoms with van der Waals surface area (Å²) < 4.78 is 0. The van der Waals surface area contributed by atoms with Crippen LogP contribution in [-0.2, 0) is 4.79 Å². The Balaban J connectivity index is 1.50. The third-order valence-electron chi connectivity index (χ3n) is 4.85. The Kier molecular flexibility index (Phi) is 4.29. The number of hydrogen-bond acceptors (Lipinski definition) is 4. The van der Waals surface area contributed by atoms with E-state index in [4.69, 9.17) is 0 Å². The van der Waals surface area contributed by atoms with Crippen molar-refractivity contribution in [1.29, 1.82) is 0 Å². The molecule has 132 valence electrons. The van der Waals surface area contributed by atoms with Crippen LogP contribution in [0.25, 0.3) is 10.9 Å². The Morgan fingerprint density at radius 1 is 1.12 bits per heavy atom. The van der Waals surface area contributed by atoms with E-state index in [2.05, 4.69) is 40.5 Å². The maximum absolute atomic E-state index is 11.8. The van der Waals surface area contributed by atoms with E-state index in [0.717, 1.165) is 46.4 Å². The predicted octanol–water partition coefficient (Wildman–Crippen LogP) is 4.46. The first-order valence-corrected chi connectivity index (χ1v) is 8.99. The minimum absolute atomic E-state index is 0.0850. The number of benzene rings is 2. The van der Waals surface area contributed by atoms with Gasteiger partial charge >= 0.3 is 0 Å².